The van der Waals surface area contributed by atoms with E-state index in [1.54, 1.807) is 24.4 Å². The van der Waals surface area contributed by atoms with Crippen molar-refractivity contribution < 1.29 is 4.79 Å². The predicted octanol–water partition coefficient (Wildman–Crippen LogP) is 3.53. The Bertz CT molecular complexity index is 1040. The molecular formula is C19H20N4O2S. The molecule has 1 N–H and O–H groups in total. The van der Waals surface area contributed by atoms with Crippen LogP contribution >= 0.6 is 11.3 Å². The molecule has 0 bridgehead atoms. The van der Waals surface area contributed by atoms with Crippen LogP contribution in [0.3, 0.4) is 0 Å². The molecule has 0 radical (unpaired) electrons. The van der Waals surface area contributed by atoms with Crippen LogP contribution in [0.5, 0.6) is 0 Å². The van der Waals surface area contributed by atoms with Crippen molar-refractivity contribution in [3.05, 3.63) is 50.5 Å². The number of benzene rings is 1. The number of thiazole rings is 1. The number of rotatable bonds is 2. The van der Waals surface area contributed by atoms with Crippen LogP contribution in [0.15, 0.2) is 29.2 Å². The maximum atomic E-state index is 12.8. The molecule has 1 aliphatic heterocycles. The first kappa shape index (κ1) is 16.9. The molecule has 2 aromatic heterocycles. The van der Waals surface area contributed by atoms with Gasteiger partial charge in [-0.25, -0.2) is 9.97 Å². The van der Waals surface area contributed by atoms with Crippen LogP contribution < -0.4 is 10.9 Å². The maximum Gasteiger partial charge on any atom is 0.284 e. The number of nitrogens with one attached hydrogen (secondary N) is 1. The monoisotopic (exact) mass is 368 g/mol. The summed E-state index contributed by atoms with van der Waals surface area (Å²) in [4.78, 5) is 34.9. The van der Waals surface area contributed by atoms with Crippen LogP contribution in [0.25, 0.3) is 10.9 Å². The molecule has 0 saturated carbocycles. The molecule has 134 valence electrons. The summed E-state index contributed by atoms with van der Waals surface area (Å²) in [5.74, 6) is 0.603. The van der Waals surface area contributed by atoms with E-state index in [9.17, 15) is 9.59 Å². The first-order chi connectivity index (χ1) is 12.6. The number of hydrogen-bond acceptors (Lipinski definition) is 5. The maximum absolute atomic E-state index is 12.8. The Kier molecular flexibility index (Phi) is 4.55. The summed E-state index contributed by atoms with van der Waals surface area (Å²) in [5.41, 5.74) is 1.27. The number of carbonyl (C=O) groups excluding carboxylic acids is 1. The van der Waals surface area contributed by atoms with Crippen LogP contribution in [0.4, 0.5) is 5.69 Å². The van der Waals surface area contributed by atoms with Crippen molar-refractivity contribution in [3.8, 4) is 0 Å². The molecule has 3 heterocycles. The van der Waals surface area contributed by atoms with E-state index < -0.39 is 0 Å². The zero-order valence-corrected chi connectivity index (χ0v) is 15.4. The van der Waals surface area contributed by atoms with Gasteiger partial charge in [0, 0.05) is 29.7 Å². The highest BCUT2D eigenvalue weighted by Gasteiger charge is 2.15. The van der Waals surface area contributed by atoms with Crippen LogP contribution in [-0.4, -0.2) is 20.4 Å². The molecule has 0 unspecified atom stereocenters. The molecule has 3 aromatic rings. The lowest BCUT2D eigenvalue weighted by Gasteiger charge is -2.16. The Balaban J connectivity index is 1.69. The van der Waals surface area contributed by atoms with Crippen molar-refractivity contribution in [2.45, 2.75) is 45.6 Å². The van der Waals surface area contributed by atoms with Gasteiger partial charge in [-0.1, -0.05) is 12.8 Å². The van der Waals surface area contributed by atoms with Gasteiger partial charge in [0.2, 0.25) is 0 Å². The highest BCUT2D eigenvalue weighted by Crippen LogP contribution is 2.20. The lowest BCUT2D eigenvalue weighted by atomic mass is 10.1. The summed E-state index contributed by atoms with van der Waals surface area (Å²) in [6.45, 7) is 2.65. The van der Waals surface area contributed by atoms with Gasteiger partial charge in [-0.3, -0.25) is 14.2 Å². The third-order valence-corrected chi connectivity index (χ3v) is 5.55. The summed E-state index contributed by atoms with van der Waals surface area (Å²) >= 11 is 1.35. The third-order valence-electron chi connectivity index (χ3n) is 4.64. The van der Waals surface area contributed by atoms with E-state index in [1.165, 1.54) is 17.8 Å². The van der Waals surface area contributed by atoms with Gasteiger partial charge in [0.15, 0.2) is 5.01 Å². The fourth-order valence-corrected chi connectivity index (χ4v) is 3.98. The van der Waals surface area contributed by atoms with Gasteiger partial charge < -0.3 is 5.32 Å². The zero-order chi connectivity index (χ0) is 18.1. The number of hydrogen-bond donors (Lipinski definition) is 1. The summed E-state index contributed by atoms with van der Waals surface area (Å²) in [5, 5.41) is 3.87. The zero-order valence-electron chi connectivity index (χ0n) is 14.6. The number of aryl methyl sites for hydroxylation is 2. The Labute approximate surface area is 154 Å². The predicted molar refractivity (Wildman–Crippen MR) is 103 cm³/mol. The van der Waals surface area contributed by atoms with E-state index in [2.05, 4.69) is 10.3 Å². The van der Waals surface area contributed by atoms with Crippen LogP contribution in [-0.2, 0) is 13.0 Å². The molecule has 26 heavy (non-hydrogen) atoms. The lowest BCUT2D eigenvalue weighted by Crippen LogP contribution is -2.26. The molecule has 6 nitrogen and oxygen atoms in total. The Morgan fingerprint density at radius 1 is 1.23 bits per heavy atom. The number of nitrogens with zero attached hydrogens (tertiary/aromatic N) is 3. The average Bonchev–Trinajstić information content (AvgIpc) is 3.03. The average molecular weight is 368 g/mol. The molecule has 0 saturated heterocycles. The van der Waals surface area contributed by atoms with E-state index in [-0.39, 0.29) is 11.5 Å². The van der Waals surface area contributed by atoms with Crippen LogP contribution in [0.1, 0.15) is 46.2 Å². The Hall–Kier alpha value is -2.54. The summed E-state index contributed by atoms with van der Waals surface area (Å²) < 4.78 is 1.82. The fraction of sp³-hybridized carbons (Fsp3) is 0.368. The van der Waals surface area contributed by atoms with Crippen LogP contribution in [0, 0.1) is 6.92 Å². The molecular weight excluding hydrogens is 348 g/mol. The first-order valence-corrected chi connectivity index (χ1v) is 9.71. The molecule has 1 amide bonds. The SMILES string of the molecule is Cc1cnc(C(=O)Nc2ccc3c(=O)n4c(nc3c2)CCCCCC4)s1. The lowest BCUT2D eigenvalue weighted by molar-refractivity contribution is 0.102. The Morgan fingerprint density at radius 3 is 2.88 bits per heavy atom. The van der Waals surface area contributed by atoms with E-state index >= 15 is 0 Å². The molecule has 0 spiro atoms. The summed E-state index contributed by atoms with van der Waals surface area (Å²) in [6, 6.07) is 5.27. The standard InChI is InChI=1S/C19H20N4O2S/c1-12-11-20-18(26-12)17(24)21-13-7-8-14-15(10-13)22-16-6-4-2-3-5-9-23(16)19(14)25/h7-8,10-11H,2-6,9H2,1H3,(H,21,24). The second-order valence-electron chi connectivity index (χ2n) is 6.61. The summed E-state index contributed by atoms with van der Waals surface area (Å²) in [6.07, 6.45) is 6.90. The second-order valence-corrected chi connectivity index (χ2v) is 7.85. The van der Waals surface area contributed by atoms with Gasteiger partial charge in [0.05, 0.1) is 10.9 Å². The highest BCUT2D eigenvalue weighted by atomic mass is 32.1. The van der Waals surface area contributed by atoms with E-state index in [4.69, 9.17) is 4.98 Å². The van der Waals surface area contributed by atoms with Crippen molar-refractivity contribution >= 4 is 33.8 Å². The minimum Gasteiger partial charge on any atom is -0.320 e. The molecule has 0 atom stereocenters. The molecule has 4 rings (SSSR count). The van der Waals surface area contributed by atoms with Crippen molar-refractivity contribution in [1.82, 2.24) is 14.5 Å². The van der Waals surface area contributed by atoms with Crippen molar-refractivity contribution in [1.29, 1.82) is 0 Å². The van der Waals surface area contributed by atoms with Gasteiger partial charge in [0.1, 0.15) is 5.82 Å². The summed E-state index contributed by atoms with van der Waals surface area (Å²) in [7, 11) is 0. The van der Waals surface area contributed by atoms with Gasteiger partial charge in [-0.2, -0.15) is 0 Å². The van der Waals surface area contributed by atoms with Gasteiger partial charge in [-0.05, 0) is 38.0 Å². The van der Waals surface area contributed by atoms with Gasteiger partial charge in [0.25, 0.3) is 11.5 Å². The number of aromatic nitrogens is 3. The number of fused-ring (bicyclic) bond motifs is 2. The van der Waals surface area contributed by atoms with Gasteiger partial charge in [-0.15, -0.1) is 11.3 Å². The quantitative estimate of drug-likeness (QED) is 0.751. The fourth-order valence-electron chi connectivity index (χ4n) is 3.32. The smallest absolute Gasteiger partial charge is 0.284 e. The van der Waals surface area contributed by atoms with E-state index in [0.29, 0.717) is 21.6 Å². The molecule has 0 fully saturated rings. The van der Waals surface area contributed by atoms with E-state index in [1.807, 2.05) is 11.5 Å². The minimum absolute atomic E-state index is 0.0142. The molecule has 1 aromatic carbocycles. The topological polar surface area (TPSA) is 76.9 Å². The largest absolute Gasteiger partial charge is 0.320 e. The van der Waals surface area contributed by atoms with Crippen molar-refractivity contribution in [2.75, 3.05) is 5.32 Å². The van der Waals surface area contributed by atoms with Crippen molar-refractivity contribution in [2.24, 2.45) is 0 Å². The third kappa shape index (κ3) is 3.26. The minimum atomic E-state index is -0.245. The molecule has 7 heteroatoms. The van der Waals surface area contributed by atoms with Gasteiger partial charge >= 0.3 is 0 Å². The first-order valence-electron chi connectivity index (χ1n) is 8.89. The highest BCUT2D eigenvalue weighted by molar-refractivity contribution is 7.13. The number of carbonyl (C=O) groups is 1. The van der Waals surface area contributed by atoms with Crippen molar-refractivity contribution in [3.63, 3.8) is 0 Å². The normalized spacial score (nSPS) is 14.5. The van der Waals surface area contributed by atoms with E-state index in [0.717, 1.165) is 42.9 Å². The number of amides is 1. The molecule has 1 aliphatic rings. The van der Waals surface area contributed by atoms with Crippen LogP contribution in [0.2, 0.25) is 0 Å². The Morgan fingerprint density at radius 2 is 2.08 bits per heavy atom. The second kappa shape index (κ2) is 6.99. The number of anilines is 1. The molecule has 0 aliphatic carbocycles.